The number of aromatic nitrogens is 1. The van der Waals surface area contributed by atoms with Crippen LogP contribution >= 0.6 is 0 Å². The lowest BCUT2D eigenvalue weighted by Crippen LogP contribution is -2.30. The molecule has 1 aromatic heterocycles. The third-order valence-corrected chi connectivity index (χ3v) is 3.46. The highest BCUT2D eigenvalue weighted by molar-refractivity contribution is 5.38. The summed E-state index contributed by atoms with van der Waals surface area (Å²) < 4.78 is 5.14. The molecule has 0 spiro atoms. The summed E-state index contributed by atoms with van der Waals surface area (Å²) in [7, 11) is 1.65. The number of hydrogen-bond acceptors (Lipinski definition) is 3. The Morgan fingerprint density at radius 2 is 1.88 bits per heavy atom. The molecule has 0 bridgehead atoms. The van der Waals surface area contributed by atoms with E-state index in [0.29, 0.717) is 11.9 Å². The summed E-state index contributed by atoms with van der Waals surface area (Å²) in [5, 5.41) is 3.53. The summed E-state index contributed by atoms with van der Waals surface area (Å²) in [4.78, 5) is 4.40. The van der Waals surface area contributed by atoms with Gasteiger partial charge in [-0.25, -0.2) is 0 Å². The molecule has 0 amide bonds. The Bertz CT molecular complexity index is 357. The minimum absolute atomic E-state index is 0.549. The summed E-state index contributed by atoms with van der Waals surface area (Å²) in [6, 6.07) is 6.40. The molecule has 3 heteroatoms. The van der Waals surface area contributed by atoms with Crippen LogP contribution in [0.25, 0.3) is 0 Å². The van der Waals surface area contributed by atoms with Crippen LogP contribution in [0, 0.1) is 11.8 Å². The second kappa shape index (κ2) is 5.39. The first kappa shape index (κ1) is 12.2. The molecule has 2 rings (SSSR count). The summed E-state index contributed by atoms with van der Waals surface area (Å²) in [5.41, 5.74) is 0. The van der Waals surface area contributed by atoms with Gasteiger partial charge >= 0.3 is 0 Å². The predicted octanol–water partition coefficient (Wildman–Crippen LogP) is 3.33. The molecule has 17 heavy (non-hydrogen) atoms. The maximum absolute atomic E-state index is 5.14. The highest BCUT2D eigenvalue weighted by Gasteiger charge is 2.23. The second-order valence-corrected chi connectivity index (χ2v) is 5.32. The van der Waals surface area contributed by atoms with Gasteiger partial charge in [0.25, 0.3) is 0 Å². The number of nitrogens with zero attached hydrogens (tertiary/aromatic N) is 1. The van der Waals surface area contributed by atoms with E-state index < -0.39 is 0 Å². The third-order valence-electron chi connectivity index (χ3n) is 3.46. The van der Waals surface area contributed by atoms with E-state index in [1.54, 1.807) is 7.11 Å². The number of hydrogen-bond donors (Lipinski definition) is 1. The van der Waals surface area contributed by atoms with Gasteiger partial charge in [-0.2, -0.15) is 4.98 Å². The van der Waals surface area contributed by atoms with Crippen molar-refractivity contribution in [3.05, 3.63) is 18.2 Å². The Morgan fingerprint density at radius 1 is 1.18 bits per heavy atom. The van der Waals surface area contributed by atoms with Gasteiger partial charge in [-0.15, -0.1) is 0 Å². The lowest BCUT2D eigenvalue weighted by Gasteiger charge is -2.32. The van der Waals surface area contributed by atoms with Crippen LogP contribution < -0.4 is 10.1 Å². The average Bonchev–Trinajstić information content (AvgIpc) is 2.28. The zero-order chi connectivity index (χ0) is 12.3. The van der Waals surface area contributed by atoms with Crippen LogP contribution in [0.2, 0.25) is 0 Å². The van der Waals surface area contributed by atoms with Gasteiger partial charge in [-0.05, 0) is 37.2 Å². The van der Waals surface area contributed by atoms with Crippen molar-refractivity contribution in [2.24, 2.45) is 11.8 Å². The van der Waals surface area contributed by atoms with Crippen LogP contribution in [0.15, 0.2) is 18.2 Å². The largest absolute Gasteiger partial charge is 0.481 e. The highest BCUT2D eigenvalue weighted by Crippen LogP contribution is 2.30. The molecular weight excluding hydrogens is 212 g/mol. The lowest BCUT2D eigenvalue weighted by atomic mass is 9.80. The Morgan fingerprint density at radius 3 is 2.53 bits per heavy atom. The molecule has 0 radical (unpaired) electrons. The maximum atomic E-state index is 5.14. The Balaban J connectivity index is 1.99. The Labute approximate surface area is 104 Å². The first-order valence-electron chi connectivity index (χ1n) is 6.45. The van der Waals surface area contributed by atoms with E-state index in [4.69, 9.17) is 4.74 Å². The van der Waals surface area contributed by atoms with Crippen LogP contribution in [0.3, 0.4) is 0 Å². The number of anilines is 1. The van der Waals surface area contributed by atoms with Crippen molar-refractivity contribution in [2.45, 2.75) is 39.2 Å². The molecule has 1 fully saturated rings. The topological polar surface area (TPSA) is 34.1 Å². The van der Waals surface area contributed by atoms with E-state index in [1.807, 2.05) is 18.2 Å². The molecule has 2 atom stereocenters. The van der Waals surface area contributed by atoms with Crippen molar-refractivity contribution in [3.63, 3.8) is 0 Å². The molecule has 0 aliphatic heterocycles. The Kier molecular flexibility index (Phi) is 3.87. The molecule has 1 aliphatic rings. The van der Waals surface area contributed by atoms with Crippen molar-refractivity contribution in [2.75, 3.05) is 12.4 Å². The van der Waals surface area contributed by atoms with Crippen molar-refractivity contribution in [1.29, 1.82) is 0 Å². The number of methoxy groups -OCH3 is 1. The number of nitrogens with one attached hydrogen (secondary N) is 1. The first-order valence-corrected chi connectivity index (χ1v) is 6.45. The highest BCUT2D eigenvalue weighted by atomic mass is 16.5. The van der Waals surface area contributed by atoms with Crippen molar-refractivity contribution in [3.8, 4) is 5.88 Å². The van der Waals surface area contributed by atoms with Crippen LogP contribution in [0.1, 0.15) is 33.1 Å². The first-order chi connectivity index (χ1) is 8.17. The van der Waals surface area contributed by atoms with Crippen molar-refractivity contribution in [1.82, 2.24) is 4.98 Å². The summed E-state index contributed by atoms with van der Waals surface area (Å²) in [5.74, 6) is 3.21. The second-order valence-electron chi connectivity index (χ2n) is 5.32. The van der Waals surface area contributed by atoms with Crippen LogP contribution in [0.4, 0.5) is 5.82 Å². The fraction of sp³-hybridized carbons (Fsp3) is 0.643. The Hall–Kier alpha value is -1.25. The molecule has 2 unspecified atom stereocenters. The van der Waals surface area contributed by atoms with Gasteiger partial charge in [0.15, 0.2) is 0 Å². The van der Waals surface area contributed by atoms with Gasteiger partial charge in [0.1, 0.15) is 5.82 Å². The van der Waals surface area contributed by atoms with E-state index in [0.717, 1.165) is 17.7 Å². The van der Waals surface area contributed by atoms with Crippen LogP contribution in [-0.2, 0) is 0 Å². The minimum atomic E-state index is 0.549. The molecular formula is C14H22N2O. The predicted molar refractivity (Wildman–Crippen MR) is 70.4 cm³/mol. The van der Waals surface area contributed by atoms with Gasteiger partial charge in [-0.1, -0.05) is 19.9 Å². The quantitative estimate of drug-likeness (QED) is 0.871. The summed E-state index contributed by atoms with van der Waals surface area (Å²) in [6.07, 6.45) is 3.83. The van der Waals surface area contributed by atoms with E-state index in [2.05, 4.69) is 24.1 Å². The van der Waals surface area contributed by atoms with Crippen LogP contribution in [0.5, 0.6) is 5.88 Å². The monoisotopic (exact) mass is 234 g/mol. The standard InChI is InChI=1S/C14H22N2O/c1-10-7-11(2)9-12(8-10)15-13-5-4-6-14(16-13)17-3/h4-6,10-12H,7-9H2,1-3H3,(H,15,16). The van der Waals surface area contributed by atoms with Crippen molar-refractivity contribution < 1.29 is 4.74 Å². The molecule has 1 aromatic rings. The van der Waals surface area contributed by atoms with Gasteiger partial charge in [0, 0.05) is 12.1 Å². The van der Waals surface area contributed by atoms with Gasteiger partial charge in [-0.3, -0.25) is 0 Å². The SMILES string of the molecule is COc1cccc(NC2CC(C)CC(C)C2)n1. The average molecular weight is 234 g/mol. The number of ether oxygens (including phenoxy) is 1. The third kappa shape index (κ3) is 3.35. The molecule has 94 valence electrons. The molecule has 0 aromatic carbocycles. The van der Waals surface area contributed by atoms with Gasteiger partial charge in [0.2, 0.25) is 5.88 Å². The van der Waals surface area contributed by atoms with Crippen molar-refractivity contribution >= 4 is 5.82 Å². The number of pyridine rings is 1. The summed E-state index contributed by atoms with van der Waals surface area (Å²) in [6.45, 7) is 4.67. The van der Waals surface area contributed by atoms with Gasteiger partial charge < -0.3 is 10.1 Å². The van der Waals surface area contributed by atoms with E-state index >= 15 is 0 Å². The zero-order valence-electron chi connectivity index (χ0n) is 10.9. The normalized spacial score (nSPS) is 28.8. The zero-order valence-corrected chi connectivity index (χ0v) is 10.9. The smallest absolute Gasteiger partial charge is 0.214 e. The molecule has 1 heterocycles. The van der Waals surface area contributed by atoms with Gasteiger partial charge in [0.05, 0.1) is 7.11 Å². The van der Waals surface area contributed by atoms with E-state index in [-0.39, 0.29) is 0 Å². The number of rotatable bonds is 3. The molecule has 0 saturated heterocycles. The fourth-order valence-corrected chi connectivity index (χ4v) is 2.88. The molecule has 3 nitrogen and oxygen atoms in total. The molecule has 1 saturated carbocycles. The minimum Gasteiger partial charge on any atom is -0.481 e. The fourth-order valence-electron chi connectivity index (χ4n) is 2.88. The maximum Gasteiger partial charge on any atom is 0.214 e. The molecule has 1 N–H and O–H groups in total. The van der Waals surface area contributed by atoms with E-state index in [1.165, 1.54) is 19.3 Å². The van der Waals surface area contributed by atoms with E-state index in [9.17, 15) is 0 Å². The molecule has 1 aliphatic carbocycles. The summed E-state index contributed by atoms with van der Waals surface area (Å²) >= 11 is 0. The van der Waals surface area contributed by atoms with Crippen LogP contribution in [-0.4, -0.2) is 18.1 Å². The lowest BCUT2D eigenvalue weighted by molar-refractivity contribution is 0.280.